The van der Waals surface area contributed by atoms with E-state index in [2.05, 4.69) is 15.6 Å². The lowest BCUT2D eigenvalue weighted by molar-refractivity contribution is 0.0523. The maximum Gasteiger partial charge on any atom is 0.407 e. The van der Waals surface area contributed by atoms with E-state index in [4.69, 9.17) is 4.74 Å². The van der Waals surface area contributed by atoms with Crippen molar-refractivity contribution in [3.63, 3.8) is 0 Å². The third-order valence-corrected chi connectivity index (χ3v) is 4.46. The molecule has 0 spiro atoms. The molecule has 2 amide bonds. The first-order valence-corrected chi connectivity index (χ1v) is 9.81. The maximum atomic E-state index is 13.5. The quantitative estimate of drug-likeness (QED) is 0.565. The highest BCUT2D eigenvalue weighted by molar-refractivity contribution is 5.94. The summed E-state index contributed by atoms with van der Waals surface area (Å²) in [5, 5.41) is 6.38. The molecule has 0 aliphatic heterocycles. The predicted octanol–water partition coefficient (Wildman–Crippen LogP) is 4.30. The number of halogens is 1. The second-order valence-electron chi connectivity index (χ2n) is 8.06. The van der Waals surface area contributed by atoms with Crippen molar-refractivity contribution in [2.45, 2.75) is 39.3 Å². The van der Waals surface area contributed by atoms with E-state index >= 15 is 0 Å². The number of benzene rings is 2. The topological polar surface area (TPSA) is 83.2 Å². The van der Waals surface area contributed by atoms with Crippen LogP contribution >= 0.6 is 0 Å². The van der Waals surface area contributed by atoms with Gasteiger partial charge in [-0.15, -0.1) is 0 Å². The third kappa shape index (κ3) is 5.83. The first kappa shape index (κ1) is 21.4. The van der Waals surface area contributed by atoms with E-state index in [1.165, 1.54) is 12.1 Å². The predicted molar refractivity (Wildman–Crippen MR) is 114 cm³/mol. The number of alkyl carbamates (subject to hydrolysis) is 1. The molecular formula is C23H26FN3O3. The van der Waals surface area contributed by atoms with Gasteiger partial charge in [0.25, 0.3) is 5.91 Å². The minimum Gasteiger partial charge on any atom is -0.444 e. The number of nitrogens with one attached hydrogen (secondary N) is 3. The van der Waals surface area contributed by atoms with Crippen molar-refractivity contribution in [1.29, 1.82) is 0 Å². The molecule has 2 aromatic carbocycles. The molecule has 0 radical (unpaired) electrons. The molecule has 0 saturated carbocycles. The van der Waals surface area contributed by atoms with E-state index < -0.39 is 11.7 Å². The summed E-state index contributed by atoms with van der Waals surface area (Å²) < 4.78 is 18.6. The molecule has 3 rings (SSSR count). The molecule has 0 aliphatic carbocycles. The van der Waals surface area contributed by atoms with E-state index in [9.17, 15) is 14.0 Å². The summed E-state index contributed by atoms with van der Waals surface area (Å²) in [6.45, 7) is 6.16. The van der Waals surface area contributed by atoms with Gasteiger partial charge in [-0.2, -0.15) is 0 Å². The standard InChI is InChI=1S/C23H26FN3O3/c1-23(2,3)30-22(29)27-13-15-4-6-16(7-5-15)21(28)25-11-10-17-14-26-20-9-8-18(24)12-19(17)20/h4-9,12,14,26H,10-11,13H2,1-3H3,(H,25,28)(H,27,29). The number of carbonyl (C=O) groups is 2. The van der Waals surface area contributed by atoms with Crippen molar-refractivity contribution in [3.05, 3.63) is 71.2 Å². The third-order valence-electron chi connectivity index (χ3n) is 4.46. The number of aromatic amines is 1. The summed E-state index contributed by atoms with van der Waals surface area (Å²) in [4.78, 5) is 27.2. The minimum absolute atomic E-state index is 0.187. The summed E-state index contributed by atoms with van der Waals surface area (Å²) >= 11 is 0. The normalized spacial score (nSPS) is 11.3. The molecule has 3 N–H and O–H groups in total. The zero-order valence-corrected chi connectivity index (χ0v) is 17.3. The average Bonchev–Trinajstić information content (AvgIpc) is 3.07. The Balaban J connectivity index is 1.48. The fraction of sp³-hybridized carbons (Fsp3) is 0.304. The van der Waals surface area contributed by atoms with E-state index in [1.54, 1.807) is 51.1 Å². The summed E-state index contributed by atoms with van der Waals surface area (Å²) in [6, 6.07) is 11.6. The highest BCUT2D eigenvalue weighted by Gasteiger charge is 2.15. The van der Waals surface area contributed by atoms with Crippen molar-refractivity contribution in [2.24, 2.45) is 0 Å². The van der Waals surface area contributed by atoms with Crippen molar-refractivity contribution < 1.29 is 18.7 Å². The number of rotatable bonds is 6. The molecule has 0 unspecified atom stereocenters. The Morgan fingerprint density at radius 1 is 1.07 bits per heavy atom. The van der Waals surface area contributed by atoms with Crippen LogP contribution < -0.4 is 10.6 Å². The molecule has 7 heteroatoms. The lowest BCUT2D eigenvalue weighted by Crippen LogP contribution is -2.32. The largest absolute Gasteiger partial charge is 0.444 e. The number of fused-ring (bicyclic) bond motifs is 1. The molecule has 1 heterocycles. The molecule has 0 bridgehead atoms. The molecule has 0 saturated heterocycles. The van der Waals surface area contributed by atoms with Crippen LogP contribution in [0.15, 0.2) is 48.7 Å². The van der Waals surface area contributed by atoms with Crippen LogP contribution in [0, 0.1) is 5.82 Å². The number of amides is 2. The van der Waals surface area contributed by atoms with Gasteiger partial charge in [-0.3, -0.25) is 4.79 Å². The lowest BCUT2D eigenvalue weighted by atomic mass is 10.1. The Kier molecular flexibility index (Phi) is 6.40. The van der Waals surface area contributed by atoms with Crippen LogP contribution in [0.3, 0.4) is 0 Å². The number of aromatic nitrogens is 1. The Labute approximate surface area is 174 Å². The Hall–Kier alpha value is -3.35. The van der Waals surface area contributed by atoms with Crippen LogP contribution in [-0.4, -0.2) is 29.1 Å². The molecule has 0 aliphatic rings. The summed E-state index contributed by atoms with van der Waals surface area (Å²) in [6.07, 6.45) is 1.94. The molecule has 0 atom stereocenters. The second kappa shape index (κ2) is 8.98. The van der Waals surface area contributed by atoms with Gasteiger partial charge >= 0.3 is 6.09 Å². The highest BCUT2D eigenvalue weighted by atomic mass is 19.1. The molecular weight excluding hydrogens is 385 g/mol. The fourth-order valence-corrected chi connectivity index (χ4v) is 3.03. The van der Waals surface area contributed by atoms with Crippen LogP contribution in [0.1, 0.15) is 42.3 Å². The van der Waals surface area contributed by atoms with Gasteiger partial charge in [0, 0.05) is 35.8 Å². The number of H-pyrrole nitrogens is 1. The molecule has 3 aromatic rings. The van der Waals surface area contributed by atoms with Gasteiger partial charge in [-0.25, -0.2) is 9.18 Å². The zero-order chi connectivity index (χ0) is 21.7. The first-order chi connectivity index (χ1) is 14.2. The number of hydrogen-bond donors (Lipinski definition) is 3. The molecule has 158 valence electrons. The molecule has 1 aromatic heterocycles. The average molecular weight is 411 g/mol. The second-order valence-corrected chi connectivity index (χ2v) is 8.06. The van der Waals surface area contributed by atoms with Crippen molar-refractivity contribution >= 4 is 22.9 Å². The monoisotopic (exact) mass is 411 g/mol. The Morgan fingerprint density at radius 3 is 2.50 bits per heavy atom. The molecule has 30 heavy (non-hydrogen) atoms. The summed E-state index contributed by atoms with van der Waals surface area (Å²) in [5.41, 5.74) is 2.66. The van der Waals surface area contributed by atoms with E-state index in [1.807, 2.05) is 6.20 Å². The smallest absolute Gasteiger partial charge is 0.407 e. The van der Waals surface area contributed by atoms with Crippen LogP contribution in [0.2, 0.25) is 0 Å². The van der Waals surface area contributed by atoms with Gasteiger partial charge in [0.2, 0.25) is 0 Å². The number of ether oxygens (including phenoxy) is 1. The van der Waals surface area contributed by atoms with Crippen molar-refractivity contribution in [3.8, 4) is 0 Å². The van der Waals surface area contributed by atoms with Crippen LogP contribution in [-0.2, 0) is 17.7 Å². The van der Waals surface area contributed by atoms with Gasteiger partial charge in [-0.1, -0.05) is 12.1 Å². The summed E-state index contributed by atoms with van der Waals surface area (Å²) in [5.74, 6) is -0.471. The minimum atomic E-state index is -0.549. The SMILES string of the molecule is CC(C)(C)OC(=O)NCc1ccc(C(=O)NCCc2c[nH]c3ccc(F)cc23)cc1. The Morgan fingerprint density at radius 2 is 1.80 bits per heavy atom. The number of carbonyl (C=O) groups excluding carboxylic acids is 2. The van der Waals surface area contributed by atoms with Crippen LogP contribution in [0.5, 0.6) is 0 Å². The van der Waals surface area contributed by atoms with Crippen LogP contribution in [0.25, 0.3) is 10.9 Å². The van der Waals surface area contributed by atoms with Gasteiger partial charge in [0.15, 0.2) is 0 Å². The van der Waals surface area contributed by atoms with Crippen molar-refractivity contribution in [1.82, 2.24) is 15.6 Å². The zero-order valence-electron chi connectivity index (χ0n) is 17.3. The fourth-order valence-electron chi connectivity index (χ4n) is 3.03. The van der Waals surface area contributed by atoms with E-state index in [0.717, 1.165) is 22.0 Å². The maximum absolute atomic E-state index is 13.5. The molecule has 0 fully saturated rings. The molecule has 6 nitrogen and oxygen atoms in total. The van der Waals surface area contributed by atoms with E-state index in [-0.39, 0.29) is 11.7 Å². The van der Waals surface area contributed by atoms with Crippen LogP contribution in [0.4, 0.5) is 9.18 Å². The number of hydrogen-bond acceptors (Lipinski definition) is 3. The first-order valence-electron chi connectivity index (χ1n) is 9.81. The van der Waals surface area contributed by atoms with E-state index in [0.29, 0.717) is 25.1 Å². The van der Waals surface area contributed by atoms with Gasteiger partial charge in [0.05, 0.1) is 0 Å². The lowest BCUT2D eigenvalue weighted by Gasteiger charge is -2.19. The highest BCUT2D eigenvalue weighted by Crippen LogP contribution is 2.19. The van der Waals surface area contributed by atoms with Gasteiger partial charge in [0.1, 0.15) is 11.4 Å². The Bertz CT molecular complexity index is 1040. The van der Waals surface area contributed by atoms with Gasteiger partial charge < -0.3 is 20.4 Å². The van der Waals surface area contributed by atoms with Crippen molar-refractivity contribution in [2.75, 3.05) is 6.54 Å². The van der Waals surface area contributed by atoms with Gasteiger partial charge in [-0.05, 0) is 68.7 Å². The summed E-state index contributed by atoms with van der Waals surface area (Å²) in [7, 11) is 0.